The molecule has 0 radical (unpaired) electrons. The fourth-order valence-electron chi connectivity index (χ4n) is 3.37. The number of aryl methyl sites for hydroxylation is 1. The van der Waals surface area contributed by atoms with Gasteiger partial charge in [-0.1, -0.05) is 24.3 Å². The minimum Gasteiger partial charge on any atom is -0.309 e. The van der Waals surface area contributed by atoms with Crippen LogP contribution in [0, 0.1) is 13.8 Å². The van der Waals surface area contributed by atoms with E-state index >= 15 is 0 Å². The number of amides is 1. The lowest BCUT2D eigenvalue weighted by atomic mass is 10.1. The molecule has 0 spiro atoms. The summed E-state index contributed by atoms with van der Waals surface area (Å²) in [5.74, 6) is 0.156. The van der Waals surface area contributed by atoms with Crippen LogP contribution in [0.4, 0.5) is 5.69 Å². The summed E-state index contributed by atoms with van der Waals surface area (Å²) in [6.45, 7) is 12.7. The lowest BCUT2D eigenvalue weighted by molar-refractivity contribution is -0.122. The van der Waals surface area contributed by atoms with Gasteiger partial charge < -0.3 is 4.90 Å². The van der Waals surface area contributed by atoms with E-state index in [2.05, 4.69) is 43.4 Å². The van der Waals surface area contributed by atoms with Gasteiger partial charge in [-0.25, -0.2) is 0 Å². The summed E-state index contributed by atoms with van der Waals surface area (Å²) in [6.07, 6.45) is 3.75. The normalized spacial score (nSPS) is 18.6. The zero-order chi connectivity index (χ0) is 18.0. The summed E-state index contributed by atoms with van der Waals surface area (Å²) in [7, 11) is 0. The van der Waals surface area contributed by atoms with Crippen molar-refractivity contribution < 1.29 is 4.79 Å². The smallest absolute Gasteiger partial charge is 0.241 e. The molecule has 0 aliphatic carbocycles. The van der Waals surface area contributed by atoms with E-state index in [-0.39, 0.29) is 5.91 Å². The summed E-state index contributed by atoms with van der Waals surface area (Å²) in [5.41, 5.74) is 4.47. The van der Waals surface area contributed by atoms with Crippen molar-refractivity contribution in [1.82, 2.24) is 14.7 Å². The molecule has 2 aromatic rings. The molecule has 5 heteroatoms. The lowest BCUT2D eigenvalue weighted by Crippen LogP contribution is -2.55. The van der Waals surface area contributed by atoms with Crippen LogP contribution < -0.4 is 4.90 Å². The van der Waals surface area contributed by atoms with Gasteiger partial charge >= 0.3 is 0 Å². The molecule has 1 aromatic heterocycles. The molecule has 1 aliphatic rings. The van der Waals surface area contributed by atoms with Crippen molar-refractivity contribution in [2.45, 2.75) is 39.9 Å². The summed E-state index contributed by atoms with van der Waals surface area (Å²) < 4.78 is 1.94. The average molecular weight is 338 g/mol. The number of anilines is 1. The zero-order valence-corrected chi connectivity index (χ0v) is 15.3. The maximum atomic E-state index is 12.7. The predicted octanol–water partition coefficient (Wildman–Crippen LogP) is 2.92. The summed E-state index contributed by atoms with van der Waals surface area (Å²) in [4.78, 5) is 16.9. The molecule has 1 amide bonds. The SMILES string of the molecule is C=CCn1ncc(CN2CC(=O)N(c3ccccc3C)C[C@@H]2C)c1C. The zero-order valence-electron chi connectivity index (χ0n) is 15.3. The van der Waals surface area contributed by atoms with Crippen LogP contribution in [0.25, 0.3) is 0 Å². The van der Waals surface area contributed by atoms with Crippen molar-refractivity contribution in [3.63, 3.8) is 0 Å². The third-order valence-corrected chi connectivity index (χ3v) is 5.00. The lowest BCUT2D eigenvalue weighted by Gasteiger charge is -2.39. The monoisotopic (exact) mass is 338 g/mol. The largest absolute Gasteiger partial charge is 0.309 e. The van der Waals surface area contributed by atoms with Gasteiger partial charge in [0.2, 0.25) is 5.91 Å². The standard InChI is InChI=1S/C20H26N4O/c1-5-10-24-17(4)18(11-21-24)13-22-14-20(25)23(12-16(22)3)19-9-7-6-8-15(19)2/h5-9,11,16H,1,10,12-14H2,2-4H3/t16-/m0/s1. The van der Waals surface area contributed by atoms with Crippen LogP contribution >= 0.6 is 0 Å². The van der Waals surface area contributed by atoms with Crippen LogP contribution in [-0.2, 0) is 17.9 Å². The van der Waals surface area contributed by atoms with Crippen LogP contribution in [0.15, 0.2) is 43.1 Å². The van der Waals surface area contributed by atoms with Gasteiger partial charge in [-0.2, -0.15) is 5.10 Å². The van der Waals surface area contributed by atoms with Crippen molar-refractivity contribution >= 4 is 11.6 Å². The number of nitrogens with zero attached hydrogens (tertiary/aromatic N) is 4. The van der Waals surface area contributed by atoms with E-state index in [0.717, 1.165) is 23.5 Å². The van der Waals surface area contributed by atoms with Crippen LogP contribution in [0.2, 0.25) is 0 Å². The highest BCUT2D eigenvalue weighted by atomic mass is 16.2. The fourth-order valence-corrected chi connectivity index (χ4v) is 3.37. The molecule has 1 saturated heterocycles. The van der Waals surface area contributed by atoms with Crippen LogP contribution in [-0.4, -0.2) is 39.7 Å². The first-order valence-electron chi connectivity index (χ1n) is 8.73. The summed E-state index contributed by atoms with van der Waals surface area (Å²) >= 11 is 0. The first-order chi connectivity index (χ1) is 12.0. The number of hydrogen-bond acceptors (Lipinski definition) is 3. The fraction of sp³-hybridized carbons (Fsp3) is 0.400. The second-order valence-electron chi connectivity index (χ2n) is 6.77. The quantitative estimate of drug-likeness (QED) is 0.787. The van der Waals surface area contributed by atoms with Gasteiger partial charge in [0.25, 0.3) is 0 Å². The molecule has 0 saturated carbocycles. The molecule has 132 valence electrons. The molecule has 1 fully saturated rings. The maximum Gasteiger partial charge on any atom is 0.241 e. The Morgan fingerprint density at radius 1 is 1.32 bits per heavy atom. The molecule has 2 heterocycles. The van der Waals surface area contributed by atoms with E-state index < -0.39 is 0 Å². The molecule has 25 heavy (non-hydrogen) atoms. The van der Waals surface area contributed by atoms with Crippen molar-refractivity contribution in [2.24, 2.45) is 0 Å². The van der Waals surface area contributed by atoms with E-state index in [1.165, 1.54) is 5.56 Å². The number of carbonyl (C=O) groups excluding carboxylic acids is 1. The second kappa shape index (κ2) is 7.23. The topological polar surface area (TPSA) is 41.4 Å². The van der Waals surface area contributed by atoms with E-state index in [4.69, 9.17) is 0 Å². The molecule has 1 atom stereocenters. The van der Waals surface area contributed by atoms with Gasteiger partial charge in [0.15, 0.2) is 0 Å². The molecule has 0 unspecified atom stereocenters. The van der Waals surface area contributed by atoms with E-state index in [9.17, 15) is 4.79 Å². The van der Waals surface area contributed by atoms with Crippen LogP contribution in [0.1, 0.15) is 23.7 Å². The average Bonchev–Trinajstić information content (AvgIpc) is 2.92. The predicted molar refractivity (Wildman–Crippen MR) is 101 cm³/mol. The molecule has 1 aliphatic heterocycles. The Kier molecular flexibility index (Phi) is 5.04. The van der Waals surface area contributed by atoms with Crippen molar-refractivity contribution in [2.75, 3.05) is 18.0 Å². The number of hydrogen-bond donors (Lipinski definition) is 0. The van der Waals surface area contributed by atoms with Gasteiger partial charge in [0, 0.05) is 36.1 Å². The number of allylic oxidation sites excluding steroid dienone is 1. The Balaban J connectivity index is 1.74. The van der Waals surface area contributed by atoms with E-state index in [1.54, 1.807) is 0 Å². The molecular weight excluding hydrogens is 312 g/mol. The number of rotatable bonds is 5. The highest BCUT2D eigenvalue weighted by molar-refractivity contribution is 5.96. The van der Waals surface area contributed by atoms with E-state index in [1.807, 2.05) is 40.1 Å². The van der Waals surface area contributed by atoms with Crippen LogP contribution in [0.5, 0.6) is 0 Å². The Labute approximate surface area is 149 Å². The Morgan fingerprint density at radius 2 is 2.08 bits per heavy atom. The third kappa shape index (κ3) is 3.51. The molecule has 3 rings (SSSR count). The summed E-state index contributed by atoms with van der Waals surface area (Å²) in [6, 6.07) is 8.37. The number of carbonyl (C=O) groups is 1. The van der Waals surface area contributed by atoms with Gasteiger partial charge in [-0.05, 0) is 32.4 Å². The molecule has 0 N–H and O–H groups in total. The van der Waals surface area contributed by atoms with Gasteiger partial charge in [0.1, 0.15) is 0 Å². The molecule has 0 bridgehead atoms. The number of piperazine rings is 1. The second-order valence-corrected chi connectivity index (χ2v) is 6.77. The third-order valence-electron chi connectivity index (χ3n) is 5.00. The number of para-hydroxylation sites is 1. The van der Waals surface area contributed by atoms with Gasteiger partial charge in [0.05, 0.1) is 19.3 Å². The van der Waals surface area contributed by atoms with Crippen molar-refractivity contribution in [1.29, 1.82) is 0 Å². The van der Waals surface area contributed by atoms with Crippen LogP contribution in [0.3, 0.4) is 0 Å². The number of benzene rings is 1. The Hall–Kier alpha value is -2.40. The first-order valence-corrected chi connectivity index (χ1v) is 8.73. The van der Waals surface area contributed by atoms with Crippen molar-refractivity contribution in [3.8, 4) is 0 Å². The number of aromatic nitrogens is 2. The summed E-state index contributed by atoms with van der Waals surface area (Å²) in [5, 5.41) is 4.41. The van der Waals surface area contributed by atoms with Crippen molar-refractivity contribution in [3.05, 3.63) is 59.9 Å². The molecule has 1 aromatic carbocycles. The minimum atomic E-state index is 0.156. The first kappa shape index (κ1) is 17.4. The molecule has 5 nitrogen and oxygen atoms in total. The maximum absolute atomic E-state index is 12.7. The Bertz CT molecular complexity index is 780. The van der Waals surface area contributed by atoms with E-state index in [0.29, 0.717) is 25.7 Å². The Morgan fingerprint density at radius 3 is 2.80 bits per heavy atom. The minimum absolute atomic E-state index is 0.156. The molecular formula is C20H26N4O. The highest BCUT2D eigenvalue weighted by Crippen LogP contribution is 2.24. The van der Waals surface area contributed by atoms with Gasteiger partial charge in [-0.15, -0.1) is 6.58 Å². The van der Waals surface area contributed by atoms with Gasteiger partial charge in [-0.3, -0.25) is 14.4 Å². The highest BCUT2D eigenvalue weighted by Gasteiger charge is 2.31.